The Balaban J connectivity index is 1.40. The third kappa shape index (κ3) is 4.00. The summed E-state index contributed by atoms with van der Waals surface area (Å²) >= 11 is 0. The smallest absolute Gasteiger partial charge is 0.274 e. The fourth-order valence-electron chi connectivity index (χ4n) is 4.57. The van der Waals surface area contributed by atoms with Crippen molar-refractivity contribution in [1.82, 2.24) is 20.0 Å². The molecule has 2 amide bonds. The SMILES string of the molecule is O=C(c1cc2c(C(=O)N3CCCCC3)n[nH]c2cc1O)N1Cc2ccc(OCCO)cc2C1. The fraction of sp³-hybridized carbons (Fsp3) is 0.375. The van der Waals surface area contributed by atoms with Crippen LogP contribution in [-0.2, 0) is 13.1 Å². The van der Waals surface area contributed by atoms with E-state index in [0.29, 0.717) is 42.8 Å². The Kier molecular flexibility index (Phi) is 5.63. The highest BCUT2D eigenvalue weighted by Crippen LogP contribution is 2.32. The van der Waals surface area contributed by atoms with E-state index in [1.807, 2.05) is 18.2 Å². The molecule has 0 bridgehead atoms. The summed E-state index contributed by atoms with van der Waals surface area (Å²) in [6.07, 6.45) is 3.06. The number of H-pyrrole nitrogens is 1. The van der Waals surface area contributed by atoms with Crippen LogP contribution >= 0.6 is 0 Å². The number of nitrogens with one attached hydrogen (secondary N) is 1. The Morgan fingerprint density at radius 1 is 1.00 bits per heavy atom. The Morgan fingerprint density at radius 3 is 2.58 bits per heavy atom. The Labute approximate surface area is 190 Å². The second-order valence-electron chi connectivity index (χ2n) is 8.50. The number of piperidine rings is 1. The number of aromatic amines is 1. The molecule has 2 aliphatic rings. The van der Waals surface area contributed by atoms with E-state index in [1.54, 1.807) is 15.9 Å². The first-order chi connectivity index (χ1) is 16.0. The van der Waals surface area contributed by atoms with E-state index >= 15 is 0 Å². The summed E-state index contributed by atoms with van der Waals surface area (Å²) in [7, 11) is 0. The number of ether oxygens (including phenoxy) is 1. The monoisotopic (exact) mass is 450 g/mol. The number of aromatic nitrogens is 2. The summed E-state index contributed by atoms with van der Waals surface area (Å²) in [5.74, 6) is 0.00620. The van der Waals surface area contributed by atoms with E-state index in [4.69, 9.17) is 9.84 Å². The molecule has 5 rings (SSSR count). The third-order valence-corrected chi connectivity index (χ3v) is 6.30. The van der Waals surface area contributed by atoms with Crippen LogP contribution in [0.25, 0.3) is 10.9 Å². The molecule has 2 aliphatic heterocycles. The number of hydrogen-bond acceptors (Lipinski definition) is 6. The number of hydrogen-bond donors (Lipinski definition) is 3. The van der Waals surface area contributed by atoms with Gasteiger partial charge in [0.05, 0.1) is 17.7 Å². The topological polar surface area (TPSA) is 119 Å². The number of amides is 2. The minimum absolute atomic E-state index is 0.0697. The van der Waals surface area contributed by atoms with E-state index in [1.165, 1.54) is 6.07 Å². The van der Waals surface area contributed by atoms with Crippen LogP contribution in [0.5, 0.6) is 11.5 Å². The average Bonchev–Trinajstić information content (AvgIpc) is 3.45. The van der Waals surface area contributed by atoms with Crippen molar-refractivity contribution in [2.45, 2.75) is 32.4 Å². The van der Waals surface area contributed by atoms with E-state index < -0.39 is 0 Å². The number of rotatable bonds is 5. The number of carbonyl (C=O) groups excluding carboxylic acids is 2. The summed E-state index contributed by atoms with van der Waals surface area (Å²) in [6.45, 7) is 2.34. The standard InChI is InChI=1S/C24H26N4O5/c29-8-9-33-17-5-4-15-13-28(14-16(15)10-17)23(31)19-11-18-20(12-21(19)30)25-26-22(18)24(32)27-6-2-1-3-7-27/h4-5,10-12,29-30H,1-3,6-9,13-14H2,(H,25,26). The predicted molar refractivity (Wildman–Crippen MR) is 120 cm³/mol. The van der Waals surface area contributed by atoms with Crippen molar-refractivity contribution in [2.24, 2.45) is 0 Å². The minimum atomic E-state index is -0.319. The van der Waals surface area contributed by atoms with Gasteiger partial charge in [0, 0.05) is 37.6 Å². The zero-order chi connectivity index (χ0) is 22.9. The quantitative estimate of drug-likeness (QED) is 0.549. The Hall–Kier alpha value is -3.59. The van der Waals surface area contributed by atoms with Crippen LogP contribution < -0.4 is 4.74 Å². The normalized spacial score (nSPS) is 15.7. The fourth-order valence-corrected chi connectivity index (χ4v) is 4.57. The molecule has 0 aliphatic carbocycles. The molecule has 172 valence electrons. The van der Waals surface area contributed by atoms with Crippen LogP contribution in [0.2, 0.25) is 0 Å². The largest absolute Gasteiger partial charge is 0.507 e. The summed E-state index contributed by atoms with van der Waals surface area (Å²) in [4.78, 5) is 29.8. The van der Waals surface area contributed by atoms with Gasteiger partial charge in [0.15, 0.2) is 5.69 Å². The van der Waals surface area contributed by atoms with E-state index in [2.05, 4.69) is 10.2 Å². The van der Waals surface area contributed by atoms with Crippen molar-refractivity contribution in [2.75, 3.05) is 26.3 Å². The molecule has 1 aromatic heterocycles. The second kappa shape index (κ2) is 8.74. The van der Waals surface area contributed by atoms with Crippen molar-refractivity contribution in [3.05, 3.63) is 52.7 Å². The van der Waals surface area contributed by atoms with Gasteiger partial charge in [0.1, 0.15) is 18.1 Å². The average molecular weight is 450 g/mol. The van der Waals surface area contributed by atoms with Gasteiger partial charge in [-0.3, -0.25) is 14.7 Å². The molecule has 9 nitrogen and oxygen atoms in total. The van der Waals surface area contributed by atoms with Gasteiger partial charge in [0.25, 0.3) is 11.8 Å². The van der Waals surface area contributed by atoms with Crippen LogP contribution in [0.3, 0.4) is 0 Å². The number of nitrogens with zero attached hydrogens (tertiary/aromatic N) is 3. The highest BCUT2D eigenvalue weighted by molar-refractivity contribution is 6.08. The second-order valence-corrected chi connectivity index (χ2v) is 8.50. The first kappa shape index (κ1) is 21.3. The van der Waals surface area contributed by atoms with Crippen molar-refractivity contribution in [3.63, 3.8) is 0 Å². The maximum atomic E-state index is 13.3. The highest BCUT2D eigenvalue weighted by Gasteiger charge is 2.29. The molecule has 9 heteroatoms. The summed E-state index contributed by atoms with van der Waals surface area (Å²) in [5.41, 5.74) is 2.89. The van der Waals surface area contributed by atoms with E-state index in [-0.39, 0.29) is 42.0 Å². The Morgan fingerprint density at radius 2 is 1.79 bits per heavy atom. The number of fused-ring (bicyclic) bond motifs is 2. The van der Waals surface area contributed by atoms with Crippen LogP contribution in [0.4, 0.5) is 0 Å². The van der Waals surface area contributed by atoms with Crippen LogP contribution in [0.15, 0.2) is 30.3 Å². The van der Waals surface area contributed by atoms with Crippen molar-refractivity contribution < 1.29 is 24.5 Å². The number of aromatic hydroxyl groups is 1. The van der Waals surface area contributed by atoms with Crippen LogP contribution in [0, 0.1) is 0 Å². The number of phenols is 1. The molecule has 33 heavy (non-hydrogen) atoms. The number of phenolic OH excluding ortho intramolecular Hbond substituents is 1. The molecule has 2 aromatic carbocycles. The predicted octanol–water partition coefficient (Wildman–Crippen LogP) is 2.42. The lowest BCUT2D eigenvalue weighted by atomic mass is 10.1. The number of carbonyl (C=O) groups is 2. The van der Waals surface area contributed by atoms with Crippen molar-refractivity contribution >= 4 is 22.7 Å². The molecule has 0 unspecified atom stereocenters. The summed E-state index contributed by atoms with van der Waals surface area (Å²) in [6, 6.07) is 8.60. The van der Waals surface area contributed by atoms with Gasteiger partial charge < -0.3 is 24.7 Å². The zero-order valence-corrected chi connectivity index (χ0v) is 18.2. The van der Waals surface area contributed by atoms with Crippen molar-refractivity contribution in [1.29, 1.82) is 0 Å². The third-order valence-electron chi connectivity index (χ3n) is 6.30. The molecule has 0 spiro atoms. The van der Waals surface area contributed by atoms with Crippen LogP contribution in [0.1, 0.15) is 51.2 Å². The van der Waals surface area contributed by atoms with Gasteiger partial charge in [-0.2, -0.15) is 5.10 Å². The molecule has 3 aromatic rings. The van der Waals surface area contributed by atoms with E-state index in [0.717, 1.165) is 30.4 Å². The highest BCUT2D eigenvalue weighted by atomic mass is 16.5. The summed E-state index contributed by atoms with van der Waals surface area (Å²) < 4.78 is 5.47. The van der Waals surface area contributed by atoms with Gasteiger partial charge in [-0.05, 0) is 48.6 Å². The number of aliphatic hydroxyl groups excluding tert-OH is 1. The molecule has 0 saturated carbocycles. The lowest BCUT2D eigenvalue weighted by molar-refractivity contribution is 0.0717. The van der Waals surface area contributed by atoms with Gasteiger partial charge >= 0.3 is 0 Å². The molecular formula is C24H26N4O5. The first-order valence-corrected chi connectivity index (χ1v) is 11.2. The van der Waals surface area contributed by atoms with E-state index in [9.17, 15) is 14.7 Å². The number of aliphatic hydroxyl groups is 1. The lowest BCUT2D eigenvalue weighted by Crippen LogP contribution is -2.35. The zero-order valence-electron chi connectivity index (χ0n) is 18.2. The molecule has 0 radical (unpaired) electrons. The minimum Gasteiger partial charge on any atom is -0.507 e. The van der Waals surface area contributed by atoms with Gasteiger partial charge in [-0.25, -0.2) is 0 Å². The summed E-state index contributed by atoms with van der Waals surface area (Å²) in [5, 5.41) is 27.0. The maximum Gasteiger partial charge on any atom is 0.274 e. The number of benzene rings is 2. The number of likely N-dealkylation sites (tertiary alicyclic amines) is 1. The maximum absolute atomic E-state index is 13.3. The van der Waals surface area contributed by atoms with Crippen LogP contribution in [-0.4, -0.2) is 68.3 Å². The molecule has 1 fully saturated rings. The lowest BCUT2D eigenvalue weighted by Gasteiger charge is -2.26. The van der Waals surface area contributed by atoms with Gasteiger partial charge in [0.2, 0.25) is 0 Å². The molecule has 1 saturated heterocycles. The molecule has 3 N–H and O–H groups in total. The molecular weight excluding hydrogens is 424 g/mol. The first-order valence-electron chi connectivity index (χ1n) is 11.2. The molecule has 3 heterocycles. The molecule has 0 atom stereocenters. The van der Waals surface area contributed by atoms with Gasteiger partial charge in [-0.15, -0.1) is 0 Å². The van der Waals surface area contributed by atoms with Crippen molar-refractivity contribution in [3.8, 4) is 11.5 Å². The van der Waals surface area contributed by atoms with Gasteiger partial charge in [-0.1, -0.05) is 6.07 Å². The Bertz CT molecular complexity index is 1220.